The van der Waals surface area contributed by atoms with E-state index >= 15 is 0 Å². The van der Waals surface area contributed by atoms with Crippen LogP contribution in [0.5, 0.6) is 0 Å². The third-order valence-corrected chi connectivity index (χ3v) is 3.68. The number of hydrogen-bond donors (Lipinski definition) is 1. The number of carbonyl (C=O) groups is 3. The maximum atomic E-state index is 12.4. The SMILES string of the molecule is CN(C(=O)O)c1ncccc1CN1C(=O)c2ccccc2C1=O. The molecule has 3 rings (SSSR count). The van der Waals surface area contributed by atoms with E-state index in [1.807, 2.05) is 0 Å². The van der Waals surface area contributed by atoms with Gasteiger partial charge >= 0.3 is 6.09 Å². The smallest absolute Gasteiger partial charge is 0.412 e. The zero-order valence-corrected chi connectivity index (χ0v) is 12.3. The highest BCUT2D eigenvalue weighted by Gasteiger charge is 2.35. The molecular weight excluding hydrogens is 298 g/mol. The van der Waals surface area contributed by atoms with Crippen molar-refractivity contribution in [3.8, 4) is 0 Å². The third-order valence-electron chi connectivity index (χ3n) is 3.68. The summed E-state index contributed by atoms with van der Waals surface area (Å²) < 4.78 is 0. The second-order valence-electron chi connectivity index (χ2n) is 5.07. The number of rotatable bonds is 3. The number of nitrogens with zero attached hydrogens (tertiary/aromatic N) is 3. The Hall–Kier alpha value is -3.22. The summed E-state index contributed by atoms with van der Waals surface area (Å²) in [6.07, 6.45) is 0.285. The minimum atomic E-state index is -1.17. The van der Waals surface area contributed by atoms with Crippen molar-refractivity contribution in [2.45, 2.75) is 6.54 Å². The summed E-state index contributed by atoms with van der Waals surface area (Å²) in [5.74, 6) is -0.590. The third kappa shape index (κ3) is 2.42. The molecule has 0 fully saturated rings. The van der Waals surface area contributed by atoms with Crippen molar-refractivity contribution in [2.24, 2.45) is 0 Å². The average molecular weight is 311 g/mol. The first kappa shape index (κ1) is 14.7. The number of fused-ring (bicyclic) bond motifs is 1. The summed E-state index contributed by atoms with van der Waals surface area (Å²) in [6.45, 7) is -0.0346. The average Bonchev–Trinajstić information content (AvgIpc) is 2.80. The molecule has 0 radical (unpaired) electrons. The van der Waals surface area contributed by atoms with Crippen molar-refractivity contribution >= 4 is 23.7 Å². The number of imide groups is 1. The summed E-state index contributed by atoms with van der Waals surface area (Å²) in [4.78, 5) is 42.0. The number of carboxylic acid groups (broad SMARTS) is 1. The van der Waals surface area contributed by atoms with E-state index in [0.29, 0.717) is 16.7 Å². The standard InChI is InChI=1S/C16H13N3O4/c1-18(16(22)23)13-10(5-4-8-17-13)9-19-14(20)11-6-2-3-7-12(11)15(19)21/h2-8H,9H2,1H3,(H,22,23). The monoisotopic (exact) mass is 311 g/mol. The van der Waals surface area contributed by atoms with Gasteiger partial charge in [-0.3, -0.25) is 19.4 Å². The quantitative estimate of drug-likeness (QED) is 0.875. The van der Waals surface area contributed by atoms with Crippen molar-refractivity contribution in [1.82, 2.24) is 9.88 Å². The number of aromatic nitrogens is 1. The Morgan fingerprint density at radius 1 is 1.13 bits per heavy atom. The summed E-state index contributed by atoms with van der Waals surface area (Å²) in [6, 6.07) is 9.87. The molecule has 0 bridgehead atoms. The topological polar surface area (TPSA) is 90.8 Å². The molecule has 0 unspecified atom stereocenters. The van der Waals surface area contributed by atoms with Gasteiger partial charge in [0.1, 0.15) is 5.82 Å². The largest absolute Gasteiger partial charge is 0.465 e. The number of hydrogen-bond acceptors (Lipinski definition) is 4. The van der Waals surface area contributed by atoms with E-state index in [4.69, 9.17) is 5.11 Å². The first-order valence-corrected chi connectivity index (χ1v) is 6.86. The van der Waals surface area contributed by atoms with Crippen LogP contribution < -0.4 is 4.90 Å². The fourth-order valence-electron chi connectivity index (χ4n) is 2.50. The van der Waals surface area contributed by atoms with E-state index in [1.54, 1.807) is 36.4 Å². The van der Waals surface area contributed by atoms with Gasteiger partial charge < -0.3 is 5.11 Å². The van der Waals surface area contributed by atoms with E-state index in [9.17, 15) is 14.4 Å². The predicted molar refractivity (Wildman–Crippen MR) is 81.3 cm³/mol. The maximum Gasteiger partial charge on any atom is 0.412 e. The summed E-state index contributed by atoms with van der Waals surface area (Å²) in [5, 5.41) is 9.11. The fourth-order valence-corrected chi connectivity index (χ4v) is 2.50. The lowest BCUT2D eigenvalue weighted by Gasteiger charge is -2.19. The Labute approximate surface area is 131 Å². The maximum absolute atomic E-state index is 12.4. The second-order valence-corrected chi connectivity index (χ2v) is 5.07. The van der Waals surface area contributed by atoms with Crippen LogP contribution in [0.4, 0.5) is 10.6 Å². The number of anilines is 1. The van der Waals surface area contributed by atoms with Crippen LogP contribution in [0.15, 0.2) is 42.6 Å². The highest BCUT2D eigenvalue weighted by atomic mass is 16.4. The van der Waals surface area contributed by atoms with Crippen LogP contribution in [0.3, 0.4) is 0 Å². The Kier molecular flexibility index (Phi) is 3.53. The van der Waals surface area contributed by atoms with Crippen LogP contribution in [0.25, 0.3) is 0 Å². The molecule has 0 spiro atoms. The van der Waals surface area contributed by atoms with Crippen molar-refractivity contribution in [3.05, 3.63) is 59.3 Å². The lowest BCUT2D eigenvalue weighted by molar-refractivity contribution is 0.0642. The Morgan fingerprint density at radius 2 is 1.74 bits per heavy atom. The molecule has 1 aliphatic heterocycles. The minimum Gasteiger partial charge on any atom is -0.465 e. The van der Waals surface area contributed by atoms with E-state index in [0.717, 1.165) is 9.80 Å². The van der Waals surface area contributed by atoms with Gasteiger partial charge in [-0.2, -0.15) is 0 Å². The first-order valence-electron chi connectivity index (χ1n) is 6.86. The van der Waals surface area contributed by atoms with E-state index in [1.165, 1.54) is 13.2 Å². The van der Waals surface area contributed by atoms with Crippen molar-refractivity contribution in [2.75, 3.05) is 11.9 Å². The molecule has 1 aromatic heterocycles. The fraction of sp³-hybridized carbons (Fsp3) is 0.125. The highest BCUT2D eigenvalue weighted by Crippen LogP contribution is 2.26. The molecule has 1 aromatic carbocycles. The van der Waals surface area contributed by atoms with Crippen LogP contribution in [0.2, 0.25) is 0 Å². The molecule has 3 amide bonds. The lowest BCUT2D eigenvalue weighted by atomic mass is 10.1. The van der Waals surface area contributed by atoms with Crippen molar-refractivity contribution in [3.63, 3.8) is 0 Å². The number of pyridine rings is 1. The molecule has 2 aromatic rings. The van der Waals surface area contributed by atoms with E-state index in [2.05, 4.69) is 4.98 Å². The molecule has 0 saturated heterocycles. The molecular formula is C16H13N3O4. The van der Waals surface area contributed by atoms with Gasteiger partial charge in [0, 0.05) is 18.8 Å². The molecule has 116 valence electrons. The molecule has 1 aliphatic rings. The summed E-state index contributed by atoms with van der Waals surface area (Å²) in [7, 11) is 1.36. The van der Waals surface area contributed by atoms with Gasteiger partial charge in [-0.1, -0.05) is 18.2 Å². The van der Waals surface area contributed by atoms with Crippen LogP contribution in [0.1, 0.15) is 26.3 Å². The molecule has 0 saturated carbocycles. The van der Waals surface area contributed by atoms with Gasteiger partial charge in [0.2, 0.25) is 0 Å². The van der Waals surface area contributed by atoms with E-state index < -0.39 is 17.9 Å². The molecule has 7 nitrogen and oxygen atoms in total. The van der Waals surface area contributed by atoms with Crippen LogP contribution in [-0.4, -0.2) is 39.9 Å². The van der Waals surface area contributed by atoms with Crippen LogP contribution in [0, 0.1) is 0 Å². The predicted octanol–water partition coefficient (Wildman–Crippen LogP) is 1.99. The van der Waals surface area contributed by atoms with Gasteiger partial charge in [-0.15, -0.1) is 0 Å². The Balaban J connectivity index is 1.94. The Morgan fingerprint density at radius 3 is 2.30 bits per heavy atom. The van der Waals surface area contributed by atoms with Gasteiger partial charge in [0.25, 0.3) is 11.8 Å². The molecule has 7 heteroatoms. The summed E-state index contributed by atoms with van der Waals surface area (Å²) in [5.41, 5.74) is 1.19. The number of benzene rings is 1. The normalized spacial score (nSPS) is 13.2. The molecule has 23 heavy (non-hydrogen) atoms. The van der Waals surface area contributed by atoms with Gasteiger partial charge in [0.05, 0.1) is 17.7 Å². The Bertz CT molecular complexity index is 783. The highest BCUT2D eigenvalue weighted by molar-refractivity contribution is 6.21. The summed E-state index contributed by atoms with van der Waals surface area (Å²) >= 11 is 0. The number of carbonyl (C=O) groups excluding carboxylic acids is 2. The zero-order valence-electron chi connectivity index (χ0n) is 12.3. The van der Waals surface area contributed by atoms with E-state index in [-0.39, 0.29) is 12.4 Å². The van der Waals surface area contributed by atoms with Gasteiger partial charge in [-0.05, 0) is 18.2 Å². The molecule has 1 N–H and O–H groups in total. The van der Waals surface area contributed by atoms with Crippen LogP contribution >= 0.6 is 0 Å². The lowest BCUT2D eigenvalue weighted by Crippen LogP contribution is -2.31. The molecule has 0 aliphatic carbocycles. The van der Waals surface area contributed by atoms with Gasteiger partial charge in [-0.25, -0.2) is 9.78 Å². The minimum absolute atomic E-state index is 0.0346. The van der Waals surface area contributed by atoms with Crippen LogP contribution in [-0.2, 0) is 6.54 Å². The molecule has 0 atom stereocenters. The van der Waals surface area contributed by atoms with Crippen molar-refractivity contribution in [1.29, 1.82) is 0 Å². The zero-order chi connectivity index (χ0) is 16.6. The second kappa shape index (κ2) is 5.53. The van der Waals surface area contributed by atoms with Crippen molar-refractivity contribution < 1.29 is 19.5 Å². The number of amides is 3. The first-order chi connectivity index (χ1) is 11.0. The van der Waals surface area contributed by atoms with Gasteiger partial charge in [0.15, 0.2) is 0 Å². The molecule has 2 heterocycles.